The van der Waals surface area contributed by atoms with E-state index in [0.29, 0.717) is 11.3 Å². The van der Waals surface area contributed by atoms with Gasteiger partial charge in [-0.25, -0.2) is 0 Å². The summed E-state index contributed by atoms with van der Waals surface area (Å²) >= 11 is 3.36. The van der Waals surface area contributed by atoms with Crippen LogP contribution in [-0.4, -0.2) is 36.1 Å². The van der Waals surface area contributed by atoms with Crippen molar-refractivity contribution in [1.82, 2.24) is 0 Å². The van der Waals surface area contributed by atoms with E-state index in [1.165, 1.54) is 4.90 Å². The standard InChI is InChI=1S/C16H18BrNO4/c1-15(2)7-13(19)11(8-22-15)16(21)10-6-9(17)4-5-12(10)18(3)14(16)20/h4-6,11,21H,7-8H2,1-3H3/t11-,16+/m1/s1. The number of carbonyl (C=O) groups excluding carboxylic acids is 2. The van der Waals surface area contributed by atoms with Gasteiger partial charge in [-0.05, 0) is 32.0 Å². The molecule has 0 aliphatic carbocycles. The van der Waals surface area contributed by atoms with Gasteiger partial charge in [0.15, 0.2) is 5.60 Å². The normalized spacial score (nSPS) is 30.6. The highest BCUT2D eigenvalue weighted by molar-refractivity contribution is 9.10. The number of likely N-dealkylation sites (N-methyl/N-ethyl adjacent to an activating group) is 1. The van der Waals surface area contributed by atoms with Crippen LogP contribution in [0.2, 0.25) is 0 Å². The van der Waals surface area contributed by atoms with Gasteiger partial charge in [-0.15, -0.1) is 0 Å². The van der Waals surface area contributed by atoms with Crippen molar-refractivity contribution in [3.63, 3.8) is 0 Å². The second-order valence-corrected chi connectivity index (χ2v) is 7.47. The number of nitrogens with zero attached hydrogens (tertiary/aromatic N) is 1. The van der Waals surface area contributed by atoms with Gasteiger partial charge in [-0.2, -0.15) is 0 Å². The average Bonchev–Trinajstić information content (AvgIpc) is 2.60. The first-order valence-electron chi connectivity index (χ1n) is 7.14. The Bertz CT molecular complexity index is 672. The second-order valence-electron chi connectivity index (χ2n) is 6.56. The monoisotopic (exact) mass is 367 g/mol. The number of hydrogen-bond acceptors (Lipinski definition) is 4. The van der Waals surface area contributed by atoms with Crippen LogP contribution in [0.3, 0.4) is 0 Å². The fourth-order valence-electron chi connectivity index (χ4n) is 3.27. The van der Waals surface area contributed by atoms with Crippen LogP contribution in [0.5, 0.6) is 0 Å². The van der Waals surface area contributed by atoms with Crippen LogP contribution in [0.1, 0.15) is 25.8 Å². The van der Waals surface area contributed by atoms with Gasteiger partial charge >= 0.3 is 0 Å². The second kappa shape index (κ2) is 4.88. The van der Waals surface area contributed by atoms with Crippen molar-refractivity contribution in [3.8, 4) is 0 Å². The van der Waals surface area contributed by atoms with Crippen LogP contribution in [0.4, 0.5) is 5.69 Å². The van der Waals surface area contributed by atoms with Crippen molar-refractivity contribution < 1.29 is 19.4 Å². The lowest BCUT2D eigenvalue weighted by molar-refractivity contribution is -0.172. The number of ether oxygens (including phenoxy) is 1. The molecule has 0 radical (unpaired) electrons. The van der Waals surface area contributed by atoms with E-state index in [2.05, 4.69) is 15.9 Å². The van der Waals surface area contributed by atoms with Crippen LogP contribution in [0, 0.1) is 5.92 Å². The molecule has 2 aliphatic heterocycles. The third-order valence-electron chi connectivity index (χ3n) is 4.49. The van der Waals surface area contributed by atoms with E-state index in [9.17, 15) is 14.7 Å². The summed E-state index contributed by atoms with van der Waals surface area (Å²) in [5.74, 6) is -1.51. The van der Waals surface area contributed by atoms with Gasteiger partial charge < -0.3 is 14.7 Å². The van der Waals surface area contributed by atoms with Crippen molar-refractivity contribution in [2.24, 2.45) is 5.92 Å². The lowest BCUT2D eigenvalue weighted by Crippen LogP contribution is -2.54. The third-order valence-corrected chi connectivity index (χ3v) is 4.99. The van der Waals surface area contributed by atoms with Crippen molar-refractivity contribution >= 4 is 33.3 Å². The summed E-state index contributed by atoms with van der Waals surface area (Å²) in [4.78, 5) is 26.6. The molecule has 1 fully saturated rings. The number of aliphatic hydroxyl groups is 1. The Hall–Kier alpha value is -1.24. The summed E-state index contributed by atoms with van der Waals surface area (Å²) in [6, 6.07) is 5.26. The molecule has 2 aliphatic rings. The molecule has 0 saturated carbocycles. The Morgan fingerprint density at radius 2 is 2.05 bits per heavy atom. The summed E-state index contributed by atoms with van der Waals surface area (Å²) in [5.41, 5.74) is -1.34. The highest BCUT2D eigenvalue weighted by Gasteiger charge is 2.58. The first-order chi connectivity index (χ1) is 10.2. The van der Waals surface area contributed by atoms with Gasteiger partial charge in [0.25, 0.3) is 5.91 Å². The van der Waals surface area contributed by atoms with Crippen molar-refractivity contribution in [2.75, 3.05) is 18.6 Å². The highest BCUT2D eigenvalue weighted by atomic mass is 79.9. The number of carbonyl (C=O) groups is 2. The molecule has 2 heterocycles. The minimum Gasteiger partial charge on any atom is -0.375 e. The molecule has 1 amide bonds. The Labute approximate surface area is 137 Å². The third kappa shape index (κ3) is 2.13. The predicted octanol–water partition coefficient (Wildman–Crippen LogP) is 2.00. The first kappa shape index (κ1) is 15.6. The highest BCUT2D eigenvalue weighted by Crippen LogP contribution is 2.47. The number of Topliss-reactive ketones (excluding diaryl/α,β-unsaturated/α-hetero) is 1. The molecule has 22 heavy (non-hydrogen) atoms. The number of ketones is 1. The summed E-state index contributed by atoms with van der Waals surface area (Å²) in [6.45, 7) is 3.70. The number of benzene rings is 1. The minimum absolute atomic E-state index is 0.0356. The Kier molecular flexibility index (Phi) is 3.47. The summed E-state index contributed by atoms with van der Waals surface area (Å²) in [5, 5.41) is 11.2. The molecule has 0 spiro atoms. The minimum atomic E-state index is -1.86. The molecule has 1 aromatic rings. The molecule has 0 bridgehead atoms. The van der Waals surface area contributed by atoms with E-state index < -0.39 is 23.0 Å². The molecular formula is C16H18BrNO4. The molecule has 1 saturated heterocycles. The number of hydrogen-bond donors (Lipinski definition) is 1. The lowest BCUT2D eigenvalue weighted by atomic mass is 9.76. The molecule has 0 unspecified atom stereocenters. The maximum absolute atomic E-state index is 12.7. The molecular weight excluding hydrogens is 350 g/mol. The molecule has 118 valence electrons. The van der Waals surface area contributed by atoms with E-state index in [-0.39, 0.29) is 18.8 Å². The van der Waals surface area contributed by atoms with Gasteiger partial charge in [0, 0.05) is 23.5 Å². The van der Waals surface area contributed by atoms with Gasteiger partial charge in [-0.1, -0.05) is 15.9 Å². The summed E-state index contributed by atoms with van der Waals surface area (Å²) in [7, 11) is 1.60. The largest absolute Gasteiger partial charge is 0.375 e. The van der Waals surface area contributed by atoms with E-state index in [1.807, 2.05) is 13.8 Å². The van der Waals surface area contributed by atoms with Crippen LogP contribution in [0.15, 0.2) is 22.7 Å². The van der Waals surface area contributed by atoms with Crippen LogP contribution >= 0.6 is 15.9 Å². The first-order valence-corrected chi connectivity index (χ1v) is 7.93. The zero-order chi connectivity index (χ0) is 16.3. The summed E-state index contributed by atoms with van der Waals surface area (Å²) in [6.07, 6.45) is 0.181. The van der Waals surface area contributed by atoms with Crippen LogP contribution in [-0.2, 0) is 19.9 Å². The van der Waals surface area contributed by atoms with Gasteiger partial charge in [-0.3, -0.25) is 9.59 Å². The maximum Gasteiger partial charge on any atom is 0.264 e. The van der Waals surface area contributed by atoms with Gasteiger partial charge in [0.1, 0.15) is 5.78 Å². The Morgan fingerprint density at radius 3 is 2.68 bits per heavy atom. The van der Waals surface area contributed by atoms with E-state index in [0.717, 1.165) is 4.47 Å². The predicted molar refractivity (Wildman–Crippen MR) is 84.6 cm³/mol. The van der Waals surface area contributed by atoms with E-state index in [4.69, 9.17) is 4.74 Å². The summed E-state index contributed by atoms with van der Waals surface area (Å²) < 4.78 is 6.44. The molecule has 5 nitrogen and oxygen atoms in total. The molecule has 1 N–H and O–H groups in total. The molecule has 1 aromatic carbocycles. The number of amides is 1. The quantitative estimate of drug-likeness (QED) is 0.824. The van der Waals surface area contributed by atoms with Crippen LogP contribution in [0.25, 0.3) is 0 Å². The fraction of sp³-hybridized carbons (Fsp3) is 0.500. The van der Waals surface area contributed by atoms with Crippen molar-refractivity contribution in [3.05, 3.63) is 28.2 Å². The zero-order valence-corrected chi connectivity index (χ0v) is 14.3. The van der Waals surface area contributed by atoms with Gasteiger partial charge in [0.05, 0.1) is 23.8 Å². The van der Waals surface area contributed by atoms with E-state index in [1.54, 1.807) is 25.2 Å². The molecule has 0 aromatic heterocycles. The van der Waals surface area contributed by atoms with Crippen molar-refractivity contribution in [2.45, 2.75) is 31.5 Å². The van der Waals surface area contributed by atoms with Crippen molar-refractivity contribution in [1.29, 1.82) is 0 Å². The number of halogens is 1. The average molecular weight is 368 g/mol. The number of rotatable bonds is 1. The smallest absolute Gasteiger partial charge is 0.264 e. The van der Waals surface area contributed by atoms with E-state index >= 15 is 0 Å². The Morgan fingerprint density at radius 1 is 1.36 bits per heavy atom. The molecule has 2 atom stereocenters. The molecule has 6 heteroatoms. The Balaban J connectivity index is 2.08. The van der Waals surface area contributed by atoms with Crippen LogP contribution < -0.4 is 4.90 Å². The maximum atomic E-state index is 12.7. The number of anilines is 1. The fourth-order valence-corrected chi connectivity index (χ4v) is 3.63. The molecule has 3 rings (SSSR count). The number of fused-ring (bicyclic) bond motifs is 1. The topological polar surface area (TPSA) is 66.8 Å². The SMILES string of the molecule is CN1C(=O)[C@@](O)([C@@H]2COC(C)(C)CC2=O)c2cc(Br)ccc21. The van der Waals surface area contributed by atoms with Gasteiger partial charge in [0.2, 0.25) is 0 Å². The lowest BCUT2D eigenvalue weighted by Gasteiger charge is -2.39. The zero-order valence-electron chi connectivity index (χ0n) is 12.7.